The maximum atomic E-state index is 9.87. The highest BCUT2D eigenvalue weighted by molar-refractivity contribution is 5.66. The van der Waals surface area contributed by atoms with Gasteiger partial charge in [-0.3, -0.25) is 4.79 Å². The Kier molecular flexibility index (Phi) is 8.55. The highest BCUT2D eigenvalue weighted by atomic mass is 16.5. The van der Waals surface area contributed by atoms with Crippen LogP contribution in [-0.4, -0.2) is 23.3 Å². The monoisotopic (exact) mass is 240 g/mol. The van der Waals surface area contributed by atoms with E-state index in [1.807, 2.05) is 0 Å². The molecule has 0 heterocycles. The van der Waals surface area contributed by atoms with E-state index in [-0.39, 0.29) is 5.75 Å². The number of aromatic hydroxyl groups is 1. The lowest BCUT2D eigenvalue weighted by atomic mass is 10.2. The van der Waals surface area contributed by atoms with E-state index in [4.69, 9.17) is 14.9 Å². The Bertz CT molecular complexity index is 323. The van der Waals surface area contributed by atoms with Gasteiger partial charge in [-0.1, -0.05) is 31.9 Å². The molecule has 4 heteroatoms. The minimum atomic E-state index is -0.682. The van der Waals surface area contributed by atoms with Crippen molar-refractivity contribution in [3.63, 3.8) is 0 Å². The maximum absolute atomic E-state index is 9.87. The summed E-state index contributed by atoms with van der Waals surface area (Å²) in [4.78, 5) is 9.87. The predicted molar refractivity (Wildman–Crippen MR) is 66.4 cm³/mol. The lowest BCUT2D eigenvalue weighted by molar-refractivity contribution is -0.137. The molecule has 0 atom stereocenters. The number of para-hydroxylation sites is 2. The van der Waals surface area contributed by atoms with Crippen molar-refractivity contribution in [2.45, 2.75) is 32.6 Å². The SMILES string of the molecule is CCCCCC(=O)O.COc1ccccc1O. The Morgan fingerprint density at radius 1 is 1.29 bits per heavy atom. The number of methoxy groups -OCH3 is 1. The molecule has 0 unspecified atom stereocenters. The fourth-order valence-electron chi connectivity index (χ4n) is 1.16. The van der Waals surface area contributed by atoms with Crippen molar-refractivity contribution in [3.05, 3.63) is 24.3 Å². The van der Waals surface area contributed by atoms with E-state index in [9.17, 15) is 4.79 Å². The minimum Gasteiger partial charge on any atom is -0.504 e. The number of hydrogen-bond donors (Lipinski definition) is 2. The molecule has 0 fully saturated rings. The molecule has 2 N–H and O–H groups in total. The van der Waals surface area contributed by atoms with Crippen LogP contribution in [0.5, 0.6) is 11.5 Å². The van der Waals surface area contributed by atoms with Gasteiger partial charge in [0.05, 0.1) is 7.11 Å². The molecule has 0 bridgehead atoms. The van der Waals surface area contributed by atoms with E-state index in [1.165, 1.54) is 7.11 Å². The van der Waals surface area contributed by atoms with Crippen molar-refractivity contribution < 1.29 is 19.7 Å². The number of ether oxygens (including phenoxy) is 1. The number of carboxylic acids is 1. The average molecular weight is 240 g/mol. The van der Waals surface area contributed by atoms with Crippen LogP contribution < -0.4 is 4.74 Å². The lowest BCUT2D eigenvalue weighted by Crippen LogP contribution is -1.92. The van der Waals surface area contributed by atoms with E-state index >= 15 is 0 Å². The molecule has 4 nitrogen and oxygen atoms in total. The predicted octanol–water partition coefficient (Wildman–Crippen LogP) is 3.05. The Hall–Kier alpha value is -1.71. The molecule has 1 aromatic rings. The standard InChI is InChI=1S/C7H8O2.C6H12O2/c1-9-7-5-3-2-4-6(7)8;1-2-3-4-5-6(7)8/h2-5,8H,1H3;2-5H2,1H3,(H,7,8). The zero-order chi connectivity index (χ0) is 13.1. The number of carboxylic acid groups (broad SMARTS) is 1. The number of aliphatic carboxylic acids is 1. The molecule has 1 rings (SSSR count). The van der Waals surface area contributed by atoms with Crippen LogP contribution in [0.1, 0.15) is 32.6 Å². The summed E-state index contributed by atoms with van der Waals surface area (Å²) >= 11 is 0. The largest absolute Gasteiger partial charge is 0.504 e. The maximum Gasteiger partial charge on any atom is 0.303 e. The van der Waals surface area contributed by atoms with Crippen LogP contribution in [0.3, 0.4) is 0 Å². The van der Waals surface area contributed by atoms with Gasteiger partial charge in [0.2, 0.25) is 0 Å². The first kappa shape index (κ1) is 15.3. The van der Waals surface area contributed by atoms with Gasteiger partial charge in [-0.15, -0.1) is 0 Å². The summed E-state index contributed by atoms with van der Waals surface area (Å²) in [5.74, 6) is 0.0101. The summed E-state index contributed by atoms with van der Waals surface area (Å²) in [5.41, 5.74) is 0. The summed E-state index contributed by atoms with van der Waals surface area (Å²) in [6.45, 7) is 2.06. The van der Waals surface area contributed by atoms with E-state index < -0.39 is 5.97 Å². The van der Waals surface area contributed by atoms with Gasteiger partial charge in [-0.2, -0.15) is 0 Å². The van der Waals surface area contributed by atoms with Gasteiger partial charge in [0.15, 0.2) is 11.5 Å². The summed E-state index contributed by atoms with van der Waals surface area (Å²) in [6, 6.07) is 6.84. The molecule has 0 radical (unpaired) electrons. The van der Waals surface area contributed by atoms with Crippen molar-refractivity contribution in [2.75, 3.05) is 7.11 Å². The van der Waals surface area contributed by atoms with Crippen molar-refractivity contribution in [2.24, 2.45) is 0 Å². The normalized spacial score (nSPS) is 9.06. The summed E-state index contributed by atoms with van der Waals surface area (Å²) in [5, 5.41) is 17.1. The van der Waals surface area contributed by atoms with E-state index in [0.717, 1.165) is 19.3 Å². The third kappa shape index (κ3) is 8.13. The Labute approximate surface area is 102 Å². The fourth-order valence-corrected chi connectivity index (χ4v) is 1.16. The minimum absolute atomic E-state index is 0.181. The summed E-state index contributed by atoms with van der Waals surface area (Å²) in [7, 11) is 1.52. The number of carbonyl (C=O) groups is 1. The molecule has 96 valence electrons. The molecule has 0 saturated carbocycles. The van der Waals surface area contributed by atoms with Crippen LogP contribution in [-0.2, 0) is 4.79 Å². The number of rotatable bonds is 5. The van der Waals surface area contributed by atoms with Crippen LogP contribution in [0.2, 0.25) is 0 Å². The quantitative estimate of drug-likeness (QED) is 0.776. The smallest absolute Gasteiger partial charge is 0.303 e. The highest BCUT2D eigenvalue weighted by Gasteiger charge is 1.94. The lowest BCUT2D eigenvalue weighted by Gasteiger charge is -1.99. The molecule has 0 aliphatic heterocycles. The van der Waals surface area contributed by atoms with Crippen molar-refractivity contribution >= 4 is 5.97 Å². The first-order valence-corrected chi connectivity index (χ1v) is 5.65. The zero-order valence-electron chi connectivity index (χ0n) is 10.3. The van der Waals surface area contributed by atoms with Gasteiger partial charge in [-0.25, -0.2) is 0 Å². The first-order chi connectivity index (χ1) is 8.11. The highest BCUT2D eigenvalue weighted by Crippen LogP contribution is 2.22. The van der Waals surface area contributed by atoms with Gasteiger partial charge < -0.3 is 14.9 Å². The number of unbranched alkanes of at least 4 members (excludes halogenated alkanes) is 2. The molecule has 17 heavy (non-hydrogen) atoms. The average Bonchev–Trinajstić information content (AvgIpc) is 2.30. The molecular formula is C13H20O4. The van der Waals surface area contributed by atoms with Gasteiger partial charge in [0.1, 0.15) is 0 Å². The molecular weight excluding hydrogens is 220 g/mol. The second-order valence-electron chi connectivity index (χ2n) is 3.52. The number of phenols is 1. The third-order valence-electron chi connectivity index (χ3n) is 2.08. The Morgan fingerprint density at radius 2 is 1.94 bits per heavy atom. The molecule has 0 saturated heterocycles. The number of hydrogen-bond acceptors (Lipinski definition) is 3. The molecule has 0 aliphatic carbocycles. The van der Waals surface area contributed by atoms with Gasteiger partial charge in [-0.05, 0) is 18.6 Å². The second-order valence-corrected chi connectivity index (χ2v) is 3.52. The molecule has 0 aromatic heterocycles. The van der Waals surface area contributed by atoms with Gasteiger partial charge in [0, 0.05) is 6.42 Å². The van der Waals surface area contributed by atoms with Crippen molar-refractivity contribution in [3.8, 4) is 11.5 Å². The first-order valence-electron chi connectivity index (χ1n) is 5.65. The molecule has 0 amide bonds. The number of phenolic OH excluding ortho intramolecular Hbond substituents is 1. The summed E-state index contributed by atoms with van der Waals surface area (Å²) in [6.07, 6.45) is 3.28. The molecule has 0 aliphatic rings. The Morgan fingerprint density at radius 3 is 2.35 bits per heavy atom. The van der Waals surface area contributed by atoms with Crippen LogP contribution in [0.15, 0.2) is 24.3 Å². The van der Waals surface area contributed by atoms with Crippen LogP contribution >= 0.6 is 0 Å². The fraction of sp³-hybridized carbons (Fsp3) is 0.462. The molecule has 1 aromatic carbocycles. The Balaban J connectivity index is 0.000000304. The van der Waals surface area contributed by atoms with Crippen molar-refractivity contribution in [1.29, 1.82) is 0 Å². The van der Waals surface area contributed by atoms with Gasteiger partial charge in [0.25, 0.3) is 0 Å². The zero-order valence-corrected chi connectivity index (χ0v) is 10.3. The topological polar surface area (TPSA) is 66.8 Å². The van der Waals surface area contributed by atoms with Crippen LogP contribution in [0.25, 0.3) is 0 Å². The number of benzene rings is 1. The summed E-state index contributed by atoms with van der Waals surface area (Å²) < 4.78 is 4.79. The molecule has 0 spiro atoms. The van der Waals surface area contributed by atoms with Crippen LogP contribution in [0, 0.1) is 0 Å². The van der Waals surface area contributed by atoms with E-state index in [2.05, 4.69) is 6.92 Å². The van der Waals surface area contributed by atoms with Crippen LogP contribution in [0.4, 0.5) is 0 Å². The third-order valence-corrected chi connectivity index (χ3v) is 2.08. The van der Waals surface area contributed by atoms with Gasteiger partial charge >= 0.3 is 5.97 Å². The van der Waals surface area contributed by atoms with E-state index in [0.29, 0.717) is 12.2 Å². The second kappa shape index (κ2) is 9.51. The van der Waals surface area contributed by atoms with Crippen molar-refractivity contribution in [1.82, 2.24) is 0 Å². The van der Waals surface area contributed by atoms with E-state index in [1.54, 1.807) is 24.3 Å².